The van der Waals surface area contributed by atoms with Crippen molar-refractivity contribution < 1.29 is 0 Å². The van der Waals surface area contributed by atoms with Crippen LogP contribution in [-0.4, -0.2) is 76.3 Å². The van der Waals surface area contributed by atoms with Gasteiger partial charge in [0, 0.05) is 50.5 Å². The molecule has 4 N–H and O–H groups in total. The first-order valence-corrected chi connectivity index (χ1v) is 10.0. The van der Waals surface area contributed by atoms with Crippen molar-refractivity contribution in [3.63, 3.8) is 0 Å². The molecule has 1 fully saturated rings. The van der Waals surface area contributed by atoms with Gasteiger partial charge in [-0.15, -0.1) is 0 Å². The van der Waals surface area contributed by atoms with Crippen molar-refractivity contribution in [2.45, 2.75) is 6.92 Å². The van der Waals surface area contributed by atoms with Crippen LogP contribution >= 0.6 is 0 Å². The van der Waals surface area contributed by atoms with Crippen LogP contribution in [0.1, 0.15) is 5.69 Å². The number of nitrogens with one attached hydrogen (secondary N) is 2. The number of anilines is 2. The highest BCUT2D eigenvalue weighted by Gasteiger charge is 2.18. The van der Waals surface area contributed by atoms with E-state index in [1.807, 2.05) is 43.3 Å². The Kier molecular flexibility index (Phi) is 5.73. The van der Waals surface area contributed by atoms with Crippen LogP contribution in [0.2, 0.25) is 0 Å². The molecule has 8 nitrogen and oxygen atoms in total. The SMILES string of the molecule is Cc1cc(-c2c(N)nc(-c3ccccc3)nc2NCCN2CCN(C)CC2)n[nH]1. The zero-order chi connectivity index (χ0) is 20.2. The molecule has 0 saturated carbocycles. The van der Waals surface area contributed by atoms with E-state index in [-0.39, 0.29) is 0 Å². The standard InChI is InChI=1S/C21H28N8/c1-15-14-17(27-26-15)18-19(22)24-20(16-6-4-3-5-7-16)25-21(18)23-8-9-29-12-10-28(2)11-13-29/h3-7,14H,8-13H2,1-2H3,(H,26,27)(H3,22,23,24,25). The Bertz CT molecular complexity index is 945. The number of aryl methyl sites for hydroxylation is 1. The summed E-state index contributed by atoms with van der Waals surface area (Å²) in [7, 11) is 2.17. The van der Waals surface area contributed by atoms with Gasteiger partial charge in [-0.2, -0.15) is 5.10 Å². The van der Waals surface area contributed by atoms with Gasteiger partial charge in [0.1, 0.15) is 11.6 Å². The van der Waals surface area contributed by atoms with Crippen molar-refractivity contribution in [1.29, 1.82) is 0 Å². The number of rotatable bonds is 6. The summed E-state index contributed by atoms with van der Waals surface area (Å²) in [6.07, 6.45) is 0. The maximum absolute atomic E-state index is 6.37. The Morgan fingerprint density at radius 1 is 1.10 bits per heavy atom. The molecule has 4 rings (SSSR count). The Morgan fingerprint density at radius 2 is 1.86 bits per heavy atom. The van der Waals surface area contributed by atoms with Crippen LogP contribution in [0.3, 0.4) is 0 Å². The second-order valence-electron chi connectivity index (χ2n) is 7.53. The first-order chi connectivity index (χ1) is 14.1. The van der Waals surface area contributed by atoms with Crippen LogP contribution in [0.4, 0.5) is 11.6 Å². The monoisotopic (exact) mass is 392 g/mol. The molecule has 0 bridgehead atoms. The molecule has 0 spiro atoms. The molecule has 1 aliphatic heterocycles. The van der Waals surface area contributed by atoms with E-state index in [2.05, 4.69) is 37.3 Å². The van der Waals surface area contributed by atoms with E-state index < -0.39 is 0 Å². The fourth-order valence-corrected chi connectivity index (χ4v) is 3.52. The smallest absolute Gasteiger partial charge is 0.163 e. The lowest BCUT2D eigenvalue weighted by Crippen LogP contribution is -2.45. The quantitative estimate of drug-likeness (QED) is 0.591. The van der Waals surface area contributed by atoms with Crippen molar-refractivity contribution in [2.24, 2.45) is 0 Å². The number of nitrogens with two attached hydrogens (primary N) is 1. The third-order valence-corrected chi connectivity index (χ3v) is 5.25. The number of hydrogen-bond donors (Lipinski definition) is 3. The summed E-state index contributed by atoms with van der Waals surface area (Å²) in [4.78, 5) is 14.2. The van der Waals surface area contributed by atoms with Gasteiger partial charge >= 0.3 is 0 Å². The van der Waals surface area contributed by atoms with Crippen LogP contribution in [0.15, 0.2) is 36.4 Å². The zero-order valence-corrected chi connectivity index (χ0v) is 17.0. The Morgan fingerprint density at radius 3 is 2.55 bits per heavy atom. The fourth-order valence-electron chi connectivity index (χ4n) is 3.52. The van der Waals surface area contributed by atoms with Crippen LogP contribution < -0.4 is 11.1 Å². The molecular formula is C21H28N8. The third-order valence-electron chi connectivity index (χ3n) is 5.25. The molecule has 3 aromatic rings. The van der Waals surface area contributed by atoms with Crippen molar-refractivity contribution in [3.05, 3.63) is 42.1 Å². The molecule has 0 radical (unpaired) electrons. The van der Waals surface area contributed by atoms with Gasteiger partial charge in [0.2, 0.25) is 0 Å². The first kappa shape index (κ1) is 19.4. The van der Waals surface area contributed by atoms with E-state index in [1.165, 1.54) is 0 Å². The molecule has 1 saturated heterocycles. The highest BCUT2D eigenvalue weighted by atomic mass is 15.3. The van der Waals surface area contributed by atoms with Crippen LogP contribution in [0.5, 0.6) is 0 Å². The van der Waals surface area contributed by atoms with Crippen LogP contribution in [-0.2, 0) is 0 Å². The minimum Gasteiger partial charge on any atom is -0.383 e. The van der Waals surface area contributed by atoms with Crippen LogP contribution in [0.25, 0.3) is 22.6 Å². The molecular weight excluding hydrogens is 364 g/mol. The number of piperazine rings is 1. The molecule has 0 unspecified atom stereocenters. The summed E-state index contributed by atoms with van der Waals surface area (Å²) in [5.74, 6) is 1.76. The maximum Gasteiger partial charge on any atom is 0.163 e. The lowest BCUT2D eigenvalue weighted by Gasteiger charge is -2.32. The normalized spacial score (nSPS) is 15.5. The summed E-state index contributed by atoms with van der Waals surface area (Å²) < 4.78 is 0. The molecule has 1 aromatic carbocycles. The van der Waals surface area contributed by atoms with Gasteiger partial charge in [-0.05, 0) is 20.0 Å². The predicted molar refractivity (Wildman–Crippen MR) is 117 cm³/mol. The van der Waals surface area contributed by atoms with Gasteiger partial charge in [0.05, 0.1) is 11.3 Å². The number of hydrogen-bond acceptors (Lipinski definition) is 7. The average molecular weight is 393 g/mol. The Hall–Kier alpha value is -2.97. The third kappa shape index (κ3) is 4.55. The second kappa shape index (κ2) is 8.59. The number of nitrogen functional groups attached to an aromatic ring is 1. The molecule has 3 heterocycles. The highest BCUT2D eigenvalue weighted by molar-refractivity contribution is 5.83. The van der Waals surface area contributed by atoms with Gasteiger partial charge in [0.15, 0.2) is 5.82 Å². The number of H-pyrrole nitrogens is 1. The number of nitrogens with zero attached hydrogens (tertiary/aromatic N) is 5. The van der Waals surface area contributed by atoms with Crippen molar-refractivity contribution >= 4 is 11.6 Å². The number of aromatic amines is 1. The molecule has 0 atom stereocenters. The number of aromatic nitrogens is 4. The summed E-state index contributed by atoms with van der Waals surface area (Å²) in [6, 6.07) is 11.9. The van der Waals surface area contributed by atoms with E-state index in [4.69, 9.17) is 10.7 Å². The molecule has 152 valence electrons. The largest absolute Gasteiger partial charge is 0.383 e. The number of benzene rings is 1. The van der Waals surface area contributed by atoms with Gasteiger partial charge < -0.3 is 16.0 Å². The average Bonchev–Trinajstić information content (AvgIpc) is 3.15. The summed E-state index contributed by atoms with van der Waals surface area (Å²) in [5, 5.41) is 10.8. The summed E-state index contributed by atoms with van der Waals surface area (Å²) >= 11 is 0. The van der Waals surface area contributed by atoms with Gasteiger partial charge in [0.25, 0.3) is 0 Å². The van der Waals surface area contributed by atoms with E-state index in [9.17, 15) is 0 Å². The highest BCUT2D eigenvalue weighted by Crippen LogP contribution is 2.32. The Labute approximate surface area is 171 Å². The summed E-state index contributed by atoms with van der Waals surface area (Å²) in [5.41, 5.74) is 9.77. The minimum atomic E-state index is 0.424. The topological polar surface area (TPSA) is 99.0 Å². The molecule has 1 aliphatic rings. The lowest BCUT2D eigenvalue weighted by atomic mass is 10.1. The summed E-state index contributed by atoms with van der Waals surface area (Å²) in [6.45, 7) is 8.09. The van der Waals surface area contributed by atoms with Gasteiger partial charge in [-0.3, -0.25) is 10.00 Å². The second-order valence-corrected chi connectivity index (χ2v) is 7.53. The van der Waals surface area contributed by atoms with Crippen molar-refractivity contribution in [3.8, 4) is 22.6 Å². The fraction of sp³-hybridized carbons (Fsp3) is 0.381. The van der Waals surface area contributed by atoms with Gasteiger partial charge in [-0.1, -0.05) is 30.3 Å². The van der Waals surface area contributed by atoms with Crippen LogP contribution in [0, 0.1) is 6.92 Å². The molecule has 0 aliphatic carbocycles. The van der Waals surface area contributed by atoms with Gasteiger partial charge in [-0.25, -0.2) is 9.97 Å². The molecule has 0 amide bonds. The van der Waals surface area contributed by atoms with E-state index in [1.54, 1.807) is 0 Å². The zero-order valence-electron chi connectivity index (χ0n) is 17.0. The van der Waals surface area contributed by atoms with E-state index in [0.717, 1.165) is 67.6 Å². The molecule has 2 aromatic heterocycles. The predicted octanol–water partition coefficient (Wildman–Crippen LogP) is 2.08. The maximum atomic E-state index is 6.37. The minimum absolute atomic E-state index is 0.424. The molecule has 29 heavy (non-hydrogen) atoms. The first-order valence-electron chi connectivity index (χ1n) is 10.0. The van der Waals surface area contributed by atoms with E-state index >= 15 is 0 Å². The lowest BCUT2D eigenvalue weighted by molar-refractivity contribution is 0.158. The van der Waals surface area contributed by atoms with E-state index in [0.29, 0.717) is 11.6 Å². The Balaban J connectivity index is 1.59. The van der Waals surface area contributed by atoms with Crippen molar-refractivity contribution in [1.82, 2.24) is 30.0 Å². The number of likely N-dealkylation sites (N-methyl/N-ethyl adjacent to an activating group) is 1. The molecule has 8 heteroatoms. The van der Waals surface area contributed by atoms with Crippen molar-refractivity contribution in [2.75, 3.05) is 57.4 Å².